The maximum Gasteiger partial charge on any atom is 0.243 e. The molecule has 0 aliphatic carbocycles. The molecule has 2 N–H and O–H groups in total. The van der Waals surface area contributed by atoms with Crippen molar-refractivity contribution in [3.05, 3.63) is 65.7 Å². The van der Waals surface area contributed by atoms with Crippen LogP contribution in [-0.2, 0) is 9.59 Å². The molecule has 0 saturated heterocycles. The smallest absolute Gasteiger partial charge is 0.243 e. The number of amides is 2. The predicted octanol–water partition coefficient (Wildman–Crippen LogP) is 2.71. The van der Waals surface area contributed by atoms with Crippen LogP contribution >= 0.6 is 0 Å². The standard InChI is InChI=1S/C19H21F2N3O2/c1-13(14-6-4-3-5-7-14)24(2)12-19(26)22-11-18(25)23-15-8-9-16(20)17(21)10-15/h3-10,13H,11-12H2,1-2H3,(H,22,26)(H,23,25). The SMILES string of the molecule is CC(c1ccccc1)N(C)CC(=O)NCC(=O)Nc1ccc(F)c(F)c1. The van der Waals surface area contributed by atoms with Crippen molar-refractivity contribution in [1.82, 2.24) is 10.2 Å². The molecule has 0 heterocycles. The van der Waals surface area contributed by atoms with Gasteiger partial charge >= 0.3 is 0 Å². The Kier molecular flexibility index (Phi) is 6.80. The summed E-state index contributed by atoms with van der Waals surface area (Å²) in [6.07, 6.45) is 0. The topological polar surface area (TPSA) is 61.4 Å². The van der Waals surface area contributed by atoms with Gasteiger partial charge in [0.25, 0.3) is 0 Å². The molecule has 0 radical (unpaired) electrons. The molecule has 5 nitrogen and oxygen atoms in total. The van der Waals surface area contributed by atoms with Crippen LogP contribution < -0.4 is 10.6 Å². The Morgan fingerprint density at radius 3 is 2.38 bits per heavy atom. The number of carbonyl (C=O) groups excluding carboxylic acids is 2. The lowest BCUT2D eigenvalue weighted by molar-refractivity contribution is -0.125. The lowest BCUT2D eigenvalue weighted by atomic mass is 10.1. The summed E-state index contributed by atoms with van der Waals surface area (Å²) < 4.78 is 26.0. The molecular weight excluding hydrogens is 340 g/mol. The molecule has 1 atom stereocenters. The van der Waals surface area contributed by atoms with Crippen LogP contribution in [0.2, 0.25) is 0 Å². The van der Waals surface area contributed by atoms with Crippen molar-refractivity contribution in [1.29, 1.82) is 0 Å². The van der Waals surface area contributed by atoms with Crippen molar-refractivity contribution in [2.45, 2.75) is 13.0 Å². The molecule has 2 aromatic carbocycles. The number of halogens is 2. The second kappa shape index (κ2) is 9.05. The zero-order valence-corrected chi connectivity index (χ0v) is 14.6. The van der Waals surface area contributed by atoms with Gasteiger partial charge in [-0.1, -0.05) is 30.3 Å². The third kappa shape index (κ3) is 5.63. The summed E-state index contributed by atoms with van der Waals surface area (Å²) in [6.45, 7) is 1.85. The lowest BCUT2D eigenvalue weighted by Crippen LogP contribution is -2.39. The first-order valence-corrected chi connectivity index (χ1v) is 8.13. The summed E-state index contributed by atoms with van der Waals surface area (Å²) >= 11 is 0. The van der Waals surface area contributed by atoms with Crippen LogP contribution in [0.4, 0.5) is 14.5 Å². The molecule has 2 aromatic rings. The molecule has 0 aliphatic heterocycles. The Hall–Kier alpha value is -2.80. The summed E-state index contributed by atoms with van der Waals surface area (Å²) in [5.74, 6) is -2.88. The fourth-order valence-corrected chi connectivity index (χ4v) is 2.36. The van der Waals surface area contributed by atoms with Gasteiger partial charge in [0.05, 0.1) is 13.1 Å². The summed E-state index contributed by atoms with van der Waals surface area (Å²) in [6, 6.07) is 12.8. The summed E-state index contributed by atoms with van der Waals surface area (Å²) in [7, 11) is 1.82. The molecule has 26 heavy (non-hydrogen) atoms. The average Bonchev–Trinajstić information content (AvgIpc) is 2.63. The summed E-state index contributed by atoms with van der Waals surface area (Å²) in [5, 5.41) is 4.90. The second-order valence-electron chi connectivity index (χ2n) is 5.96. The number of nitrogens with zero attached hydrogens (tertiary/aromatic N) is 1. The first-order chi connectivity index (χ1) is 12.4. The van der Waals surface area contributed by atoms with Gasteiger partial charge in [0, 0.05) is 17.8 Å². The third-order valence-corrected chi connectivity index (χ3v) is 3.99. The second-order valence-corrected chi connectivity index (χ2v) is 5.96. The van der Waals surface area contributed by atoms with Crippen LogP contribution in [0, 0.1) is 11.6 Å². The molecule has 1 unspecified atom stereocenters. The summed E-state index contributed by atoms with van der Waals surface area (Å²) in [4.78, 5) is 25.7. The molecule has 0 aromatic heterocycles. The molecule has 7 heteroatoms. The average molecular weight is 361 g/mol. The normalized spacial score (nSPS) is 11.9. The number of anilines is 1. The highest BCUT2D eigenvalue weighted by Gasteiger charge is 2.15. The maximum absolute atomic E-state index is 13.1. The van der Waals surface area contributed by atoms with E-state index in [2.05, 4.69) is 10.6 Å². The van der Waals surface area contributed by atoms with Crippen LogP contribution in [0.25, 0.3) is 0 Å². The van der Waals surface area contributed by atoms with Gasteiger partial charge in [-0.05, 0) is 31.7 Å². The molecule has 2 amide bonds. The van der Waals surface area contributed by atoms with E-state index in [-0.39, 0.29) is 30.7 Å². The number of rotatable bonds is 7. The predicted molar refractivity (Wildman–Crippen MR) is 95.5 cm³/mol. The fraction of sp³-hybridized carbons (Fsp3) is 0.263. The molecule has 0 bridgehead atoms. The van der Waals surface area contributed by atoms with Crippen molar-refractivity contribution in [2.75, 3.05) is 25.5 Å². The quantitative estimate of drug-likeness (QED) is 0.797. The Bertz CT molecular complexity index is 769. The molecular formula is C19H21F2N3O2. The van der Waals surface area contributed by atoms with Gasteiger partial charge in [0.2, 0.25) is 11.8 Å². The van der Waals surface area contributed by atoms with Gasteiger partial charge < -0.3 is 10.6 Å². The number of benzene rings is 2. The van der Waals surface area contributed by atoms with Gasteiger partial charge in [-0.3, -0.25) is 14.5 Å². The van der Waals surface area contributed by atoms with Gasteiger partial charge in [-0.15, -0.1) is 0 Å². The van der Waals surface area contributed by atoms with E-state index < -0.39 is 17.5 Å². The Morgan fingerprint density at radius 1 is 1.04 bits per heavy atom. The highest BCUT2D eigenvalue weighted by Crippen LogP contribution is 2.17. The Balaban J connectivity index is 1.78. The van der Waals surface area contributed by atoms with Crippen LogP contribution in [0.3, 0.4) is 0 Å². The van der Waals surface area contributed by atoms with E-state index in [0.717, 1.165) is 17.7 Å². The van der Waals surface area contributed by atoms with Crippen LogP contribution in [-0.4, -0.2) is 36.9 Å². The molecule has 0 saturated carbocycles. The Labute approximate surface area is 151 Å². The van der Waals surface area contributed by atoms with E-state index in [9.17, 15) is 18.4 Å². The third-order valence-electron chi connectivity index (χ3n) is 3.99. The number of hydrogen-bond acceptors (Lipinski definition) is 3. The summed E-state index contributed by atoms with van der Waals surface area (Å²) in [5.41, 5.74) is 1.21. The number of hydrogen-bond donors (Lipinski definition) is 2. The fourth-order valence-electron chi connectivity index (χ4n) is 2.36. The number of carbonyl (C=O) groups is 2. The molecule has 138 valence electrons. The van der Waals surface area contributed by atoms with Gasteiger partial charge in [-0.2, -0.15) is 0 Å². The monoisotopic (exact) mass is 361 g/mol. The molecule has 0 aliphatic rings. The lowest BCUT2D eigenvalue weighted by Gasteiger charge is -2.24. The first-order valence-electron chi connectivity index (χ1n) is 8.13. The van der Waals surface area contributed by atoms with E-state index in [1.165, 1.54) is 6.07 Å². The van der Waals surface area contributed by atoms with E-state index in [1.807, 2.05) is 49.2 Å². The van der Waals surface area contributed by atoms with Crippen molar-refractivity contribution in [2.24, 2.45) is 0 Å². The van der Waals surface area contributed by atoms with Crippen molar-refractivity contribution < 1.29 is 18.4 Å². The Morgan fingerprint density at radius 2 is 1.73 bits per heavy atom. The van der Waals surface area contributed by atoms with Crippen molar-refractivity contribution in [3.8, 4) is 0 Å². The number of nitrogens with one attached hydrogen (secondary N) is 2. The highest BCUT2D eigenvalue weighted by atomic mass is 19.2. The van der Waals surface area contributed by atoms with E-state index in [0.29, 0.717) is 0 Å². The minimum absolute atomic E-state index is 0.0398. The molecule has 0 fully saturated rings. The zero-order chi connectivity index (χ0) is 19.1. The van der Waals surface area contributed by atoms with Crippen molar-refractivity contribution in [3.63, 3.8) is 0 Å². The van der Waals surface area contributed by atoms with Crippen LogP contribution in [0.5, 0.6) is 0 Å². The molecule has 0 spiro atoms. The van der Waals surface area contributed by atoms with E-state index in [1.54, 1.807) is 0 Å². The first kappa shape index (κ1) is 19.5. The minimum Gasteiger partial charge on any atom is -0.346 e. The molecule has 2 rings (SSSR count). The van der Waals surface area contributed by atoms with Gasteiger partial charge in [0.1, 0.15) is 0 Å². The van der Waals surface area contributed by atoms with Crippen molar-refractivity contribution >= 4 is 17.5 Å². The van der Waals surface area contributed by atoms with E-state index in [4.69, 9.17) is 0 Å². The maximum atomic E-state index is 13.1. The van der Waals surface area contributed by atoms with Crippen LogP contribution in [0.15, 0.2) is 48.5 Å². The number of likely N-dealkylation sites (N-methyl/N-ethyl adjacent to an activating group) is 1. The van der Waals surface area contributed by atoms with Gasteiger partial charge in [0.15, 0.2) is 11.6 Å². The highest BCUT2D eigenvalue weighted by molar-refractivity contribution is 5.94. The van der Waals surface area contributed by atoms with Crippen LogP contribution in [0.1, 0.15) is 18.5 Å². The minimum atomic E-state index is -1.05. The zero-order valence-electron chi connectivity index (χ0n) is 14.6. The van der Waals surface area contributed by atoms with Gasteiger partial charge in [-0.25, -0.2) is 8.78 Å². The van der Waals surface area contributed by atoms with E-state index >= 15 is 0 Å². The largest absolute Gasteiger partial charge is 0.346 e.